The molecule has 0 aromatic heterocycles. The highest BCUT2D eigenvalue weighted by atomic mass is 16.6. The first kappa shape index (κ1) is 40.7. The summed E-state index contributed by atoms with van der Waals surface area (Å²) in [5, 5.41) is 23.0. The molecule has 1 aliphatic carbocycles. The summed E-state index contributed by atoms with van der Waals surface area (Å²) in [7, 11) is 0. The predicted molar refractivity (Wildman–Crippen MR) is 202 cm³/mol. The lowest BCUT2D eigenvalue weighted by Gasteiger charge is -2.47. The van der Waals surface area contributed by atoms with Crippen LogP contribution >= 0.6 is 0 Å². The molecule has 1 fully saturated rings. The summed E-state index contributed by atoms with van der Waals surface area (Å²) in [4.78, 5) is 13.1. The zero-order valence-electron chi connectivity index (χ0n) is 30.8. The van der Waals surface area contributed by atoms with Crippen LogP contribution in [0.25, 0.3) is 0 Å². The molecule has 6 atom stereocenters. The van der Waals surface area contributed by atoms with E-state index >= 15 is 0 Å². The Morgan fingerprint density at radius 1 is 0.510 bits per heavy atom. The van der Waals surface area contributed by atoms with E-state index in [2.05, 4.69) is 6.92 Å². The van der Waals surface area contributed by atoms with Crippen LogP contribution in [0, 0.1) is 5.92 Å². The van der Waals surface area contributed by atoms with Crippen LogP contribution in [-0.4, -0.2) is 53.3 Å². The second kappa shape index (κ2) is 24.2. The van der Waals surface area contributed by atoms with Gasteiger partial charge in [0.1, 0.15) is 18.3 Å². The molecule has 0 aliphatic heterocycles. The van der Waals surface area contributed by atoms with E-state index in [9.17, 15) is 15.0 Å². The van der Waals surface area contributed by atoms with Gasteiger partial charge in [-0.15, -0.1) is 0 Å². The topological polar surface area (TPSA) is 94.5 Å². The summed E-state index contributed by atoms with van der Waals surface area (Å²) in [6, 6.07) is 29.2. The molecule has 0 amide bonds. The fourth-order valence-corrected chi connectivity index (χ4v) is 6.94. The van der Waals surface area contributed by atoms with E-state index in [0.29, 0.717) is 6.42 Å². The van der Waals surface area contributed by atoms with Crippen LogP contribution in [0.2, 0.25) is 0 Å². The third-order valence-corrected chi connectivity index (χ3v) is 9.97. The zero-order valence-corrected chi connectivity index (χ0v) is 30.8. The Kier molecular flexibility index (Phi) is 19.3. The SMILES string of the molecule is CCCCCCCCCCCCCCCC(=O)OC[C@@H]1[C@H](OCc2ccccc2)[C@@H](O)[C@H](O)[C@@H](OCc2ccccc2)[C@H]1OCc1ccccc1. The average molecular weight is 703 g/mol. The van der Waals surface area contributed by atoms with E-state index in [1.807, 2.05) is 91.0 Å². The van der Waals surface area contributed by atoms with Crippen molar-refractivity contribution in [1.29, 1.82) is 0 Å². The van der Waals surface area contributed by atoms with Crippen LogP contribution in [0.4, 0.5) is 0 Å². The van der Waals surface area contributed by atoms with Crippen LogP contribution in [-0.2, 0) is 43.6 Å². The van der Waals surface area contributed by atoms with Crippen LogP contribution in [0.15, 0.2) is 91.0 Å². The number of rotatable bonds is 25. The molecule has 2 N–H and O–H groups in total. The molecule has 4 rings (SSSR count). The maximum Gasteiger partial charge on any atom is 0.305 e. The summed E-state index contributed by atoms with van der Waals surface area (Å²) in [5.41, 5.74) is 2.82. The minimum absolute atomic E-state index is 0.0227. The van der Waals surface area contributed by atoms with Gasteiger partial charge in [-0.1, -0.05) is 175 Å². The van der Waals surface area contributed by atoms with Gasteiger partial charge in [-0.2, -0.15) is 0 Å². The molecule has 7 heteroatoms. The van der Waals surface area contributed by atoms with Crippen molar-refractivity contribution in [1.82, 2.24) is 0 Å². The minimum Gasteiger partial charge on any atom is -0.465 e. The fraction of sp³-hybridized carbons (Fsp3) is 0.568. The lowest BCUT2D eigenvalue weighted by Crippen LogP contribution is -2.64. The summed E-state index contributed by atoms with van der Waals surface area (Å²) in [6.45, 7) is 2.94. The fourth-order valence-electron chi connectivity index (χ4n) is 6.94. The Bertz CT molecular complexity index is 1300. The number of unbranched alkanes of at least 4 members (excludes halogenated alkanes) is 12. The molecule has 280 valence electrons. The highest BCUT2D eigenvalue weighted by molar-refractivity contribution is 5.69. The van der Waals surface area contributed by atoms with Gasteiger partial charge in [0.2, 0.25) is 0 Å². The second-order valence-electron chi connectivity index (χ2n) is 14.1. The third kappa shape index (κ3) is 14.8. The Morgan fingerprint density at radius 3 is 1.33 bits per heavy atom. The summed E-state index contributed by atoms with van der Waals surface area (Å²) in [5.74, 6) is -0.865. The van der Waals surface area contributed by atoms with Gasteiger partial charge in [-0.25, -0.2) is 0 Å². The first-order chi connectivity index (χ1) is 25.1. The largest absolute Gasteiger partial charge is 0.465 e. The molecule has 3 aromatic rings. The first-order valence-electron chi connectivity index (χ1n) is 19.5. The van der Waals surface area contributed by atoms with E-state index in [0.717, 1.165) is 36.0 Å². The van der Waals surface area contributed by atoms with Crippen molar-refractivity contribution in [2.24, 2.45) is 5.92 Å². The molecule has 0 unspecified atom stereocenters. The van der Waals surface area contributed by atoms with E-state index < -0.39 is 36.4 Å². The van der Waals surface area contributed by atoms with Crippen molar-refractivity contribution < 1.29 is 34.0 Å². The highest BCUT2D eigenvalue weighted by Crippen LogP contribution is 2.35. The molecule has 0 spiro atoms. The van der Waals surface area contributed by atoms with Crippen molar-refractivity contribution in [3.05, 3.63) is 108 Å². The number of ether oxygens (including phenoxy) is 4. The van der Waals surface area contributed by atoms with E-state index in [1.165, 1.54) is 64.2 Å². The summed E-state index contributed by atoms with van der Waals surface area (Å²) in [6.07, 6.45) is 11.4. The number of carbonyl (C=O) groups is 1. The highest BCUT2D eigenvalue weighted by Gasteiger charge is 2.52. The Labute approximate surface area is 306 Å². The van der Waals surface area contributed by atoms with Crippen molar-refractivity contribution in [2.75, 3.05) is 6.61 Å². The lowest BCUT2D eigenvalue weighted by molar-refractivity contribution is -0.252. The van der Waals surface area contributed by atoms with E-state index in [4.69, 9.17) is 18.9 Å². The van der Waals surface area contributed by atoms with Crippen molar-refractivity contribution in [3.63, 3.8) is 0 Å². The van der Waals surface area contributed by atoms with Crippen molar-refractivity contribution >= 4 is 5.97 Å². The summed E-state index contributed by atoms with van der Waals surface area (Å²) < 4.78 is 25.1. The number of hydrogen-bond donors (Lipinski definition) is 2. The Morgan fingerprint density at radius 2 is 0.882 bits per heavy atom. The second-order valence-corrected chi connectivity index (χ2v) is 14.1. The standard InChI is InChI=1S/C44H62O7/c1-2-3-4-5-6-7-8-9-10-11-12-13-23-30-39(45)48-34-38-42(49-31-35-24-17-14-18-25-35)40(46)41(47)44(51-33-37-28-21-16-22-29-37)43(38)50-32-36-26-19-15-20-27-36/h14-22,24-29,38,40-44,46-47H,2-13,23,30-34H2,1H3/t38-,40+,41+,42+,43+,44-/m1/s1. The Hall–Kier alpha value is -3.07. The normalized spacial score (nSPS) is 21.8. The number of aliphatic hydroxyl groups is 2. The molecule has 1 saturated carbocycles. The number of hydrogen-bond acceptors (Lipinski definition) is 7. The number of aliphatic hydroxyl groups excluding tert-OH is 2. The van der Waals surface area contributed by atoms with Gasteiger partial charge in [0.05, 0.1) is 44.6 Å². The van der Waals surface area contributed by atoms with Gasteiger partial charge in [-0.3, -0.25) is 4.79 Å². The molecule has 51 heavy (non-hydrogen) atoms. The lowest BCUT2D eigenvalue weighted by atomic mass is 9.78. The minimum atomic E-state index is -1.28. The maximum atomic E-state index is 13.1. The van der Waals surface area contributed by atoms with Crippen LogP contribution in [0.5, 0.6) is 0 Å². The van der Waals surface area contributed by atoms with Gasteiger partial charge in [0, 0.05) is 6.42 Å². The molecule has 3 aromatic carbocycles. The molecule has 0 radical (unpaired) electrons. The molecule has 0 bridgehead atoms. The number of esters is 1. The first-order valence-corrected chi connectivity index (χ1v) is 19.5. The van der Waals surface area contributed by atoms with Crippen molar-refractivity contribution in [2.45, 2.75) is 147 Å². The molecule has 0 saturated heterocycles. The van der Waals surface area contributed by atoms with E-state index in [1.54, 1.807) is 0 Å². The third-order valence-electron chi connectivity index (χ3n) is 9.97. The van der Waals surface area contributed by atoms with Gasteiger partial charge >= 0.3 is 5.97 Å². The van der Waals surface area contributed by atoms with Gasteiger partial charge in [0.15, 0.2) is 0 Å². The van der Waals surface area contributed by atoms with Crippen LogP contribution in [0.3, 0.4) is 0 Å². The summed E-state index contributed by atoms with van der Waals surface area (Å²) >= 11 is 0. The van der Waals surface area contributed by atoms with Crippen LogP contribution < -0.4 is 0 Å². The monoisotopic (exact) mass is 702 g/mol. The molecule has 1 aliphatic rings. The molecular weight excluding hydrogens is 640 g/mol. The van der Waals surface area contributed by atoms with Gasteiger partial charge < -0.3 is 29.2 Å². The maximum absolute atomic E-state index is 13.1. The van der Waals surface area contributed by atoms with E-state index in [-0.39, 0.29) is 32.4 Å². The average Bonchev–Trinajstić information content (AvgIpc) is 3.16. The molecule has 0 heterocycles. The molecule has 7 nitrogen and oxygen atoms in total. The number of benzene rings is 3. The zero-order chi connectivity index (χ0) is 35.9. The Balaban J connectivity index is 1.34. The number of carbonyl (C=O) groups excluding carboxylic acids is 1. The quantitative estimate of drug-likeness (QED) is 0.0672. The van der Waals surface area contributed by atoms with Crippen molar-refractivity contribution in [3.8, 4) is 0 Å². The predicted octanol–water partition coefficient (Wildman–Crippen LogP) is 9.12. The molecular formula is C44H62O7. The van der Waals surface area contributed by atoms with Crippen LogP contribution in [0.1, 0.15) is 114 Å². The van der Waals surface area contributed by atoms with Gasteiger partial charge in [-0.05, 0) is 23.1 Å². The smallest absolute Gasteiger partial charge is 0.305 e. The van der Waals surface area contributed by atoms with Gasteiger partial charge in [0.25, 0.3) is 0 Å².